The summed E-state index contributed by atoms with van der Waals surface area (Å²) in [6, 6.07) is 5.10. The van der Waals surface area contributed by atoms with Gasteiger partial charge in [0.2, 0.25) is 0 Å². The Labute approximate surface area is 92.0 Å². The third-order valence-electron chi connectivity index (χ3n) is 2.25. The molecule has 2 N–H and O–H groups in total. The summed E-state index contributed by atoms with van der Waals surface area (Å²) < 4.78 is 5.07. The lowest BCUT2D eigenvalue weighted by molar-refractivity contribution is 0.0338. The van der Waals surface area contributed by atoms with Crippen LogP contribution in [0.5, 0.6) is 0 Å². The van der Waals surface area contributed by atoms with Gasteiger partial charge in [0.25, 0.3) is 0 Å². The van der Waals surface area contributed by atoms with Crippen LogP contribution in [-0.2, 0) is 0 Å². The Morgan fingerprint density at radius 2 is 2.20 bits per heavy atom. The van der Waals surface area contributed by atoms with Crippen molar-refractivity contribution in [3.05, 3.63) is 30.2 Å². The molecular formula is C10H11NO3S. The van der Waals surface area contributed by atoms with Crippen LogP contribution < -0.4 is 0 Å². The Balaban J connectivity index is 2.35. The summed E-state index contributed by atoms with van der Waals surface area (Å²) in [7, 11) is 0. The van der Waals surface area contributed by atoms with Crippen LogP contribution in [0.4, 0.5) is 0 Å². The van der Waals surface area contributed by atoms with Gasteiger partial charge in [-0.3, -0.25) is 0 Å². The van der Waals surface area contributed by atoms with Crippen LogP contribution >= 0.6 is 12.6 Å². The van der Waals surface area contributed by atoms with Gasteiger partial charge in [-0.05, 0) is 17.7 Å². The Morgan fingerprint density at radius 3 is 2.93 bits per heavy atom. The zero-order valence-electron chi connectivity index (χ0n) is 7.87. The summed E-state index contributed by atoms with van der Waals surface area (Å²) in [5.74, 6) is 0.206. The fourth-order valence-electron chi connectivity index (χ4n) is 1.38. The first-order valence-corrected chi connectivity index (χ1v) is 5.16. The first-order valence-electron chi connectivity index (χ1n) is 4.52. The second-order valence-corrected chi connectivity index (χ2v) is 3.64. The van der Waals surface area contributed by atoms with E-state index < -0.39 is 12.2 Å². The average molecular weight is 225 g/mol. The van der Waals surface area contributed by atoms with Gasteiger partial charge in [-0.15, -0.1) is 0 Å². The number of rotatable bonds is 3. The number of thiol groups is 1. The van der Waals surface area contributed by atoms with Crippen LogP contribution in [0.3, 0.4) is 0 Å². The Morgan fingerprint density at radius 1 is 1.40 bits per heavy atom. The highest BCUT2D eigenvalue weighted by molar-refractivity contribution is 7.80. The van der Waals surface area contributed by atoms with Gasteiger partial charge in [0.05, 0.1) is 6.10 Å². The second-order valence-electron chi connectivity index (χ2n) is 3.27. The standard InChI is InChI=1S/C10H11NO3S/c12-8(4-15)10(13)6-1-2-9-7(3-6)11-5-14-9/h1-3,5,8,10,12-13,15H,4H2. The minimum Gasteiger partial charge on any atom is -0.443 e. The molecule has 2 atom stereocenters. The van der Waals surface area contributed by atoms with Gasteiger partial charge in [0.15, 0.2) is 12.0 Å². The van der Waals surface area contributed by atoms with E-state index in [-0.39, 0.29) is 5.75 Å². The van der Waals surface area contributed by atoms with E-state index in [1.807, 2.05) is 0 Å². The van der Waals surface area contributed by atoms with Crippen molar-refractivity contribution >= 4 is 23.7 Å². The highest BCUT2D eigenvalue weighted by Gasteiger charge is 2.17. The Hall–Kier alpha value is -1.04. The lowest BCUT2D eigenvalue weighted by atomic mass is 10.1. The fourth-order valence-corrected chi connectivity index (χ4v) is 1.58. The van der Waals surface area contributed by atoms with Crippen molar-refractivity contribution in [1.82, 2.24) is 4.98 Å². The van der Waals surface area contributed by atoms with E-state index in [1.165, 1.54) is 6.39 Å². The van der Waals surface area contributed by atoms with Gasteiger partial charge in [0, 0.05) is 5.75 Å². The first-order chi connectivity index (χ1) is 7.22. The monoisotopic (exact) mass is 225 g/mol. The lowest BCUT2D eigenvalue weighted by Gasteiger charge is -2.15. The molecule has 0 spiro atoms. The molecule has 0 saturated carbocycles. The molecule has 1 aromatic carbocycles. The molecule has 0 aliphatic rings. The van der Waals surface area contributed by atoms with Crippen LogP contribution in [0.1, 0.15) is 11.7 Å². The van der Waals surface area contributed by atoms with Crippen molar-refractivity contribution in [3.8, 4) is 0 Å². The minimum absolute atomic E-state index is 0.206. The minimum atomic E-state index is -0.941. The molecule has 0 radical (unpaired) electrons. The molecule has 1 aromatic heterocycles. The SMILES string of the molecule is OC(CS)C(O)c1ccc2ocnc2c1. The first kappa shape index (κ1) is 10.5. The van der Waals surface area contributed by atoms with Crippen molar-refractivity contribution < 1.29 is 14.6 Å². The van der Waals surface area contributed by atoms with E-state index in [0.717, 1.165) is 0 Å². The fraction of sp³-hybridized carbons (Fsp3) is 0.300. The summed E-state index contributed by atoms with van der Waals surface area (Å²) >= 11 is 3.92. The van der Waals surface area contributed by atoms with Gasteiger partial charge in [-0.2, -0.15) is 12.6 Å². The van der Waals surface area contributed by atoms with Gasteiger partial charge < -0.3 is 14.6 Å². The van der Waals surface area contributed by atoms with Crippen LogP contribution in [0.2, 0.25) is 0 Å². The highest BCUT2D eigenvalue weighted by Crippen LogP contribution is 2.22. The number of hydrogen-bond donors (Lipinski definition) is 3. The summed E-state index contributed by atoms with van der Waals surface area (Å²) in [5.41, 5.74) is 1.93. The van der Waals surface area contributed by atoms with E-state index in [1.54, 1.807) is 18.2 Å². The van der Waals surface area contributed by atoms with Crippen LogP contribution in [0, 0.1) is 0 Å². The van der Waals surface area contributed by atoms with Gasteiger partial charge in [-0.1, -0.05) is 6.07 Å². The van der Waals surface area contributed by atoms with E-state index in [2.05, 4.69) is 17.6 Å². The van der Waals surface area contributed by atoms with E-state index in [9.17, 15) is 10.2 Å². The molecule has 2 unspecified atom stereocenters. The predicted molar refractivity (Wildman–Crippen MR) is 58.8 cm³/mol. The number of aliphatic hydroxyl groups excluding tert-OH is 2. The van der Waals surface area contributed by atoms with Gasteiger partial charge in [-0.25, -0.2) is 4.98 Å². The second kappa shape index (κ2) is 4.22. The van der Waals surface area contributed by atoms with E-state index in [4.69, 9.17) is 4.42 Å². The summed E-state index contributed by atoms with van der Waals surface area (Å²) in [4.78, 5) is 3.97. The maximum Gasteiger partial charge on any atom is 0.181 e. The molecule has 2 aromatic rings. The largest absolute Gasteiger partial charge is 0.443 e. The lowest BCUT2D eigenvalue weighted by Crippen LogP contribution is -2.19. The molecule has 0 saturated heterocycles. The molecule has 80 valence electrons. The number of fused-ring (bicyclic) bond motifs is 1. The molecule has 0 amide bonds. The number of oxazole rings is 1. The highest BCUT2D eigenvalue weighted by atomic mass is 32.1. The average Bonchev–Trinajstić information content (AvgIpc) is 2.73. The van der Waals surface area contributed by atoms with E-state index >= 15 is 0 Å². The quantitative estimate of drug-likeness (QED) is 0.686. The Bertz CT molecular complexity index is 457. The number of hydrogen-bond acceptors (Lipinski definition) is 5. The summed E-state index contributed by atoms with van der Waals surface area (Å²) in [6.07, 6.45) is -0.475. The van der Waals surface area contributed by atoms with Gasteiger partial charge in [0.1, 0.15) is 11.6 Å². The topological polar surface area (TPSA) is 66.5 Å². The molecule has 5 heteroatoms. The smallest absolute Gasteiger partial charge is 0.181 e. The predicted octanol–water partition coefficient (Wildman–Crippen LogP) is 1.15. The molecular weight excluding hydrogens is 214 g/mol. The van der Waals surface area contributed by atoms with Crippen LogP contribution in [0.15, 0.2) is 29.0 Å². The normalized spacial score (nSPS) is 15.4. The molecule has 0 aliphatic carbocycles. The van der Waals surface area contributed by atoms with Crippen molar-refractivity contribution in [1.29, 1.82) is 0 Å². The molecule has 0 fully saturated rings. The zero-order chi connectivity index (χ0) is 10.8. The number of aliphatic hydroxyl groups is 2. The Kier molecular flexibility index (Phi) is 2.95. The van der Waals surface area contributed by atoms with Crippen LogP contribution in [0.25, 0.3) is 11.1 Å². The molecule has 4 nitrogen and oxygen atoms in total. The molecule has 0 aliphatic heterocycles. The third-order valence-corrected chi connectivity index (χ3v) is 2.62. The van der Waals surface area contributed by atoms with Crippen molar-refractivity contribution in [3.63, 3.8) is 0 Å². The maximum atomic E-state index is 9.73. The maximum absolute atomic E-state index is 9.73. The van der Waals surface area contributed by atoms with Gasteiger partial charge >= 0.3 is 0 Å². The van der Waals surface area contributed by atoms with Crippen LogP contribution in [-0.4, -0.2) is 27.1 Å². The van der Waals surface area contributed by atoms with Crippen molar-refractivity contribution in [2.75, 3.05) is 5.75 Å². The molecule has 2 rings (SSSR count). The van der Waals surface area contributed by atoms with Crippen molar-refractivity contribution in [2.24, 2.45) is 0 Å². The number of benzene rings is 1. The number of nitrogens with zero attached hydrogens (tertiary/aromatic N) is 1. The molecule has 1 heterocycles. The third kappa shape index (κ3) is 1.99. The van der Waals surface area contributed by atoms with E-state index in [0.29, 0.717) is 16.7 Å². The number of aromatic nitrogens is 1. The summed E-state index contributed by atoms with van der Waals surface area (Å²) in [5, 5.41) is 19.2. The molecule has 15 heavy (non-hydrogen) atoms. The van der Waals surface area contributed by atoms with Crippen molar-refractivity contribution in [2.45, 2.75) is 12.2 Å². The zero-order valence-corrected chi connectivity index (χ0v) is 8.76. The summed E-state index contributed by atoms with van der Waals surface area (Å²) in [6.45, 7) is 0. The molecule has 0 bridgehead atoms.